The van der Waals surface area contributed by atoms with Crippen molar-refractivity contribution >= 4 is 39.1 Å². The normalized spacial score (nSPS) is 11.7. The van der Waals surface area contributed by atoms with Crippen LogP contribution in [0.3, 0.4) is 0 Å². The number of rotatable bonds is 6. The smallest absolute Gasteiger partial charge is 0.310 e. The zero-order valence-corrected chi connectivity index (χ0v) is 14.3. The monoisotopic (exact) mass is 352 g/mol. The van der Waals surface area contributed by atoms with Crippen molar-refractivity contribution in [1.82, 2.24) is 4.98 Å². The van der Waals surface area contributed by atoms with Crippen LogP contribution in [0.4, 0.5) is 5.13 Å². The van der Waals surface area contributed by atoms with Crippen molar-refractivity contribution in [1.29, 1.82) is 0 Å². The lowest BCUT2D eigenvalue weighted by Crippen LogP contribution is -2.12. The summed E-state index contributed by atoms with van der Waals surface area (Å²) in [5.74, 6) is 0.127. The lowest BCUT2D eigenvalue weighted by molar-refractivity contribution is -0.134. The average molecular weight is 352 g/mol. The van der Waals surface area contributed by atoms with Crippen molar-refractivity contribution in [3.05, 3.63) is 40.9 Å². The van der Waals surface area contributed by atoms with Crippen molar-refractivity contribution in [3.8, 4) is 5.75 Å². The van der Waals surface area contributed by atoms with Crippen LogP contribution in [0.2, 0.25) is 0 Å². The molecule has 8 heteroatoms. The fraction of sp³-hybridized carbons (Fsp3) is 0.267. The van der Waals surface area contributed by atoms with Crippen LogP contribution in [0.25, 0.3) is 0 Å². The quantitative estimate of drug-likeness (QED) is 0.638. The van der Waals surface area contributed by atoms with Gasteiger partial charge in [-0.1, -0.05) is 6.92 Å². The van der Waals surface area contributed by atoms with Gasteiger partial charge < -0.3 is 4.74 Å². The summed E-state index contributed by atoms with van der Waals surface area (Å²) in [6.45, 7) is 1.71. The first-order valence-corrected chi connectivity index (χ1v) is 9.45. The van der Waals surface area contributed by atoms with Gasteiger partial charge in [-0.25, -0.2) is 4.98 Å². The van der Waals surface area contributed by atoms with Gasteiger partial charge in [0, 0.05) is 34.4 Å². The second-order valence-corrected chi connectivity index (χ2v) is 6.96. The Labute approximate surface area is 140 Å². The van der Waals surface area contributed by atoms with Gasteiger partial charge in [0.15, 0.2) is 5.13 Å². The van der Waals surface area contributed by atoms with Crippen LogP contribution < -0.4 is 10.1 Å². The minimum Gasteiger partial charge on any atom is -0.427 e. The van der Waals surface area contributed by atoms with E-state index in [-0.39, 0.29) is 18.3 Å². The van der Waals surface area contributed by atoms with Gasteiger partial charge >= 0.3 is 5.97 Å². The zero-order chi connectivity index (χ0) is 16.8. The molecule has 122 valence electrons. The standard InChI is InChI=1S/C15H16N2O4S2/c1-3-13(18)21-12-6-4-10(5-7-12)14(19)17-15-16-11(8-22-15)9-23(2)20/h4-8H,3,9H2,1-2H3,(H,16,17,19). The molecule has 0 bridgehead atoms. The van der Waals surface area contributed by atoms with Gasteiger partial charge in [-0.2, -0.15) is 0 Å². The van der Waals surface area contributed by atoms with Gasteiger partial charge in [0.05, 0.1) is 11.4 Å². The molecule has 0 aliphatic carbocycles. The first kappa shape index (κ1) is 17.3. The molecule has 2 aromatic rings. The molecule has 0 fully saturated rings. The summed E-state index contributed by atoms with van der Waals surface area (Å²) >= 11 is 1.28. The molecule has 0 saturated heterocycles. The zero-order valence-electron chi connectivity index (χ0n) is 12.7. The number of amides is 1. The molecule has 2 rings (SSSR count). The van der Waals surface area contributed by atoms with Crippen LogP contribution in [0, 0.1) is 0 Å². The number of aromatic nitrogens is 1. The Kier molecular flexibility index (Phi) is 6.00. The Bertz CT molecular complexity index is 725. The van der Waals surface area contributed by atoms with E-state index in [1.807, 2.05) is 0 Å². The number of carbonyl (C=O) groups excluding carboxylic acids is 2. The molecule has 1 N–H and O–H groups in total. The molecule has 0 aliphatic heterocycles. The fourth-order valence-electron chi connectivity index (χ4n) is 1.69. The lowest BCUT2D eigenvalue weighted by Gasteiger charge is -2.04. The maximum atomic E-state index is 12.1. The largest absolute Gasteiger partial charge is 0.427 e. The minimum absolute atomic E-state index is 0.289. The van der Waals surface area contributed by atoms with E-state index in [9.17, 15) is 13.8 Å². The molecular weight excluding hydrogens is 336 g/mol. The second kappa shape index (κ2) is 7.98. The highest BCUT2D eigenvalue weighted by Crippen LogP contribution is 2.18. The fourth-order valence-corrected chi connectivity index (χ4v) is 3.06. The molecule has 0 saturated carbocycles. The average Bonchev–Trinajstić information content (AvgIpc) is 2.94. The summed E-state index contributed by atoms with van der Waals surface area (Å²) in [6, 6.07) is 6.28. The topological polar surface area (TPSA) is 85.4 Å². The van der Waals surface area contributed by atoms with E-state index >= 15 is 0 Å². The Hall–Kier alpha value is -2.06. The summed E-state index contributed by atoms with van der Waals surface area (Å²) in [5.41, 5.74) is 1.12. The molecule has 1 aromatic carbocycles. The number of carbonyl (C=O) groups is 2. The van der Waals surface area contributed by atoms with E-state index in [2.05, 4.69) is 10.3 Å². The van der Waals surface area contributed by atoms with Crippen LogP contribution in [0.1, 0.15) is 29.4 Å². The highest BCUT2D eigenvalue weighted by atomic mass is 32.2. The number of nitrogens with one attached hydrogen (secondary N) is 1. The molecule has 1 atom stereocenters. The van der Waals surface area contributed by atoms with Crippen LogP contribution in [0.5, 0.6) is 5.75 Å². The number of hydrogen-bond acceptors (Lipinski definition) is 6. The SMILES string of the molecule is CCC(=O)Oc1ccc(C(=O)Nc2nc(CS(C)=O)cs2)cc1. The third kappa shape index (κ3) is 5.26. The van der Waals surface area contributed by atoms with Crippen molar-refractivity contribution in [3.63, 3.8) is 0 Å². The van der Waals surface area contributed by atoms with Crippen LogP contribution in [0.15, 0.2) is 29.6 Å². The third-order valence-electron chi connectivity index (χ3n) is 2.76. The van der Waals surface area contributed by atoms with E-state index in [0.717, 1.165) is 0 Å². The van der Waals surface area contributed by atoms with E-state index in [1.165, 1.54) is 11.3 Å². The van der Waals surface area contributed by atoms with E-state index < -0.39 is 10.8 Å². The summed E-state index contributed by atoms with van der Waals surface area (Å²) in [4.78, 5) is 27.5. The Morgan fingerprint density at radius 3 is 2.61 bits per heavy atom. The number of esters is 1. The van der Waals surface area contributed by atoms with Gasteiger partial charge in [0.25, 0.3) is 5.91 Å². The first-order chi connectivity index (χ1) is 11.0. The highest BCUT2D eigenvalue weighted by molar-refractivity contribution is 7.83. The van der Waals surface area contributed by atoms with Crippen LogP contribution in [-0.2, 0) is 21.3 Å². The lowest BCUT2D eigenvalue weighted by atomic mass is 10.2. The van der Waals surface area contributed by atoms with Gasteiger partial charge in [0.2, 0.25) is 0 Å². The number of benzene rings is 1. The predicted octanol–water partition coefficient (Wildman–Crippen LogP) is 2.59. The molecule has 1 unspecified atom stereocenters. The number of hydrogen-bond donors (Lipinski definition) is 1. The molecule has 23 heavy (non-hydrogen) atoms. The van der Waals surface area contributed by atoms with Gasteiger partial charge in [-0.05, 0) is 24.3 Å². The van der Waals surface area contributed by atoms with Gasteiger partial charge in [0.1, 0.15) is 5.75 Å². The summed E-state index contributed by atoms with van der Waals surface area (Å²) in [6.07, 6.45) is 1.89. The summed E-state index contributed by atoms with van der Waals surface area (Å²) < 4.78 is 16.2. The number of anilines is 1. The summed E-state index contributed by atoms with van der Waals surface area (Å²) in [5, 5.41) is 4.91. The molecule has 0 radical (unpaired) electrons. The molecular formula is C15H16N2O4S2. The van der Waals surface area contributed by atoms with Crippen molar-refractivity contribution in [2.45, 2.75) is 19.1 Å². The van der Waals surface area contributed by atoms with E-state index in [0.29, 0.717) is 27.9 Å². The molecule has 1 amide bonds. The number of thiazole rings is 1. The van der Waals surface area contributed by atoms with Crippen molar-refractivity contribution < 1.29 is 18.5 Å². The minimum atomic E-state index is -0.970. The van der Waals surface area contributed by atoms with E-state index in [1.54, 1.807) is 42.8 Å². The second-order valence-electron chi connectivity index (χ2n) is 4.67. The van der Waals surface area contributed by atoms with Crippen molar-refractivity contribution in [2.75, 3.05) is 11.6 Å². The van der Waals surface area contributed by atoms with Gasteiger partial charge in [-0.3, -0.25) is 19.1 Å². The van der Waals surface area contributed by atoms with Crippen molar-refractivity contribution in [2.24, 2.45) is 0 Å². The molecule has 6 nitrogen and oxygen atoms in total. The van der Waals surface area contributed by atoms with E-state index in [4.69, 9.17) is 4.74 Å². The maximum absolute atomic E-state index is 12.1. The highest BCUT2D eigenvalue weighted by Gasteiger charge is 2.10. The predicted molar refractivity (Wildman–Crippen MR) is 90.2 cm³/mol. The van der Waals surface area contributed by atoms with Gasteiger partial charge in [-0.15, -0.1) is 11.3 Å². The Balaban J connectivity index is 1.99. The van der Waals surface area contributed by atoms with Crippen LogP contribution in [-0.4, -0.2) is 27.3 Å². The Morgan fingerprint density at radius 1 is 1.30 bits per heavy atom. The van der Waals surface area contributed by atoms with Crippen LogP contribution >= 0.6 is 11.3 Å². The number of nitrogens with zero attached hydrogens (tertiary/aromatic N) is 1. The summed E-state index contributed by atoms with van der Waals surface area (Å²) in [7, 11) is -0.970. The Morgan fingerprint density at radius 2 is 2.00 bits per heavy atom. The molecule has 0 spiro atoms. The molecule has 1 aromatic heterocycles. The molecule has 1 heterocycles. The first-order valence-electron chi connectivity index (χ1n) is 6.84. The number of ether oxygens (including phenoxy) is 1. The maximum Gasteiger partial charge on any atom is 0.310 e. The third-order valence-corrected chi connectivity index (χ3v) is 4.27. The molecule has 0 aliphatic rings.